The summed E-state index contributed by atoms with van der Waals surface area (Å²) in [6.07, 6.45) is 70.8. The fraction of sp³-hybridized carbons (Fsp3) is 0.931. The van der Waals surface area contributed by atoms with Gasteiger partial charge in [0, 0.05) is 6.42 Å². The van der Waals surface area contributed by atoms with Gasteiger partial charge in [0.1, 0.15) is 24.4 Å². The van der Waals surface area contributed by atoms with Crippen LogP contribution in [0, 0.1) is 0 Å². The number of carbonyl (C=O) groups is 1. The molecule has 1 fully saturated rings. The molecule has 1 saturated heterocycles. The number of rotatable bonds is 66. The van der Waals surface area contributed by atoms with E-state index in [1.807, 2.05) is 0 Å². The van der Waals surface area contributed by atoms with Gasteiger partial charge in [-0.2, -0.15) is 8.42 Å². The summed E-state index contributed by atoms with van der Waals surface area (Å²) in [4.78, 5) is 13.2. The molecule has 0 aliphatic carbocycles. The van der Waals surface area contributed by atoms with Gasteiger partial charge in [-0.25, -0.2) is 4.18 Å². The lowest BCUT2D eigenvalue weighted by atomic mass is 9.99. The first kappa shape index (κ1) is 81.6. The second kappa shape index (κ2) is 61.4. The fourth-order valence-electron chi connectivity index (χ4n) is 12.1. The molecule has 7 atom stereocenters. The molecule has 7 unspecified atom stereocenters. The van der Waals surface area contributed by atoms with Crippen molar-refractivity contribution >= 4 is 16.3 Å². The maximum absolute atomic E-state index is 13.2. The van der Waals surface area contributed by atoms with Gasteiger partial charge < -0.3 is 35.2 Å². The van der Waals surface area contributed by atoms with Crippen molar-refractivity contribution in [3.05, 3.63) is 24.3 Å². The molecule has 0 aromatic heterocycles. The highest BCUT2D eigenvalue weighted by atomic mass is 32.3. The van der Waals surface area contributed by atoms with E-state index >= 15 is 0 Å². The van der Waals surface area contributed by atoms with E-state index in [0.717, 1.165) is 57.8 Å². The van der Waals surface area contributed by atoms with Gasteiger partial charge in [0.05, 0.1) is 25.4 Å². The zero-order valence-electron chi connectivity index (χ0n) is 55.5. The number of aliphatic hydroxyl groups excluding tert-OH is 4. The van der Waals surface area contributed by atoms with Gasteiger partial charge in [0.2, 0.25) is 5.91 Å². The van der Waals surface area contributed by atoms with Gasteiger partial charge in [0.25, 0.3) is 0 Å². The summed E-state index contributed by atoms with van der Waals surface area (Å²) in [7, 11) is -5.09. The minimum atomic E-state index is -5.09. The Labute approximate surface area is 524 Å². The van der Waals surface area contributed by atoms with E-state index in [1.165, 1.54) is 289 Å². The molecule has 0 saturated carbocycles. The second-order valence-electron chi connectivity index (χ2n) is 25.9. The minimum absolute atomic E-state index is 0.222. The zero-order chi connectivity index (χ0) is 61.8. The van der Waals surface area contributed by atoms with Crippen molar-refractivity contribution in [3.63, 3.8) is 0 Å². The summed E-state index contributed by atoms with van der Waals surface area (Å²) in [6.45, 7) is 3.52. The Hall–Kier alpha value is -1.42. The summed E-state index contributed by atoms with van der Waals surface area (Å²) in [5.41, 5.74) is 0. The summed E-state index contributed by atoms with van der Waals surface area (Å²) >= 11 is 0. The second-order valence-corrected chi connectivity index (χ2v) is 26.9. The van der Waals surface area contributed by atoms with Crippen LogP contribution in [0.5, 0.6) is 0 Å². The number of aliphatic hydroxyl groups is 4. The molecule has 0 bridgehead atoms. The highest BCUT2D eigenvalue weighted by Crippen LogP contribution is 2.27. The first-order chi connectivity index (χ1) is 41.5. The minimum Gasteiger partial charge on any atom is -0.394 e. The van der Waals surface area contributed by atoms with Crippen LogP contribution in [0.1, 0.15) is 373 Å². The Morgan fingerprint density at radius 3 is 1.12 bits per heavy atom. The molecule has 85 heavy (non-hydrogen) atoms. The normalized spacial score (nSPS) is 18.3. The number of hydrogen-bond donors (Lipinski definition) is 6. The monoisotopic (exact) mass is 1230 g/mol. The SMILES string of the molecule is CCCCCCCCCCCCC/C=C\C/C=C\CCCCCCCCCCCCCCCCCCCC(=O)NC(COC1OC(CO)C(O)C(OS(=O)(=O)O)C1O)C(O)CCCCCCCCCCCCCCCCCCCCCCCCC. The van der Waals surface area contributed by atoms with Crippen LogP contribution in [0.25, 0.3) is 0 Å². The maximum Gasteiger partial charge on any atom is 0.397 e. The largest absolute Gasteiger partial charge is 0.397 e. The Bertz CT molecular complexity index is 1580. The Morgan fingerprint density at radius 1 is 0.471 bits per heavy atom. The number of hydrogen-bond acceptors (Lipinski definition) is 10. The standard InChI is InChI=1S/C72H139NO11S/c1-3-5-7-9-11-13-15-17-19-21-23-25-27-28-29-30-31-32-33-34-35-36-37-38-40-42-44-46-48-50-52-54-56-58-60-62-68(76)73-65(64-82-72-70(78)71(84-85(79,80)81)69(77)67(63-74)83-72)66(75)61-59-57-55-53-51-49-47-45-43-41-39-26-24-22-20-18-16-14-12-10-8-6-4-2/h27-28,30-31,65-67,69-72,74-75,77-78H,3-26,29,32-64H2,1-2H3,(H,73,76)(H,79,80,81)/b28-27-,31-30-. The molecule has 1 aliphatic rings. The van der Waals surface area contributed by atoms with Gasteiger partial charge in [-0.15, -0.1) is 0 Å². The Morgan fingerprint density at radius 2 is 0.788 bits per heavy atom. The van der Waals surface area contributed by atoms with E-state index in [2.05, 4.69) is 47.7 Å². The summed E-state index contributed by atoms with van der Waals surface area (Å²) in [6, 6.07) is -0.858. The van der Waals surface area contributed by atoms with Crippen LogP contribution >= 0.6 is 0 Å². The van der Waals surface area contributed by atoms with Gasteiger partial charge in [-0.1, -0.05) is 346 Å². The van der Waals surface area contributed by atoms with Crippen LogP contribution in [0.3, 0.4) is 0 Å². The highest BCUT2D eigenvalue weighted by molar-refractivity contribution is 7.80. The number of ether oxygens (including phenoxy) is 2. The zero-order valence-corrected chi connectivity index (χ0v) is 56.3. The van der Waals surface area contributed by atoms with Gasteiger partial charge in [0.15, 0.2) is 6.29 Å². The van der Waals surface area contributed by atoms with Crippen LogP contribution in [-0.4, -0.2) is 95.4 Å². The molecule has 0 radical (unpaired) electrons. The van der Waals surface area contributed by atoms with Crippen LogP contribution < -0.4 is 5.32 Å². The van der Waals surface area contributed by atoms with Crippen LogP contribution in [0.4, 0.5) is 0 Å². The lowest BCUT2D eigenvalue weighted by Crippen LogP contribution is -2.61. The Balaban J connectivity index is 2.19. The lowest BCUT2D eigenvalue weighted by Gasteiger charge is -2.41. The molecule has 1 heterocycles. The van der Waals surface area contributed by atoms with Crippen LogP contribution in [-0.2, 0) is 28.9 Å². The lowest BCUT2D eigenvalue weighted by molar-refractivity contribution is -0.298. The molecule has 1 aliphatic heterocycles. The molecule has 13 heteroatoms. The third-order valence-corrected chi connectivity index (χ3v) is 18.2. The van der Waals surface area contributed by atoms with Crippen LogP contribution in [0.15, 0.2) is 24.3 Å². The molecule has 0 aromatic carbocycles. The van der Waals surface area contributed by atoms with Crippen molar-refractivity contribution in [1.29, 1.82) is 0 Å². The smallest absolute Gasteiger partial charge is 0.394 e. The average Bonchev–Trinajstić information content (AvgIpc) is 3.59. The van der Waals surface area contributed by atoms with Crippen molar-refractivity contribution in [2.75, 3.05) is 13.2 Å². The first-order valence-corrected chi connectivity index (χ1v) is 38.1. The molecule has 0 spiro atoms. The third-order valence-electron chi connectivity index (χ3n) is 17.8. The number of nitrogens with one attached hydrogen (secondary N) is 1. The van der Waals surface area contributed by atoms with E-state index < -0.39 is 59.9 Å². The van der Waals surface area contributed by atoms with Crippen molar-refractivity contribution in [1.82, 2.24) is 5.32 Å². The van der Waals surface area contributed by atoms with E-state index in [0.29, 0.717) is 12.8 Å². The average molecular weight is 1230 g/mol. The molecule has 1 rings (SSSR count). The molecule has 0 aromatic rings. The predicted octanol–water partition coefficient (Wildman–Crippen LogP) is 19.5. The van der Waals surface area contributed by atoms with E-state index in [9.17, 15) is 38.2 Å². The summed E-state index contributed by atoms with van der Waals surface area (Å²) in [5, 5.41) is 45.4. The number of unbranched alkanes of at least 4 members (excludes halogenated alkanes) is 50. The highest BCUT2D eigenvalue weighted by Gasteiger charge is 2.48. The molecular formula is C72H139NO11S. The van der Waals surface area contributed by atoms with Crippen molar-refractivity contribution in [2.45, 2.75) is 416 Å². The van der Waals surface area contributed by atoms with Gasteiger partial charge in [-0.3, -0.25) is 9.35 Å². The van der Waals surface area contributed by atoms with Crippen molar-refractivity contribution < 1.29 is 51.8 Å². The first-order valence-electron chi connectivity index (χ1n) is 36.7. The van der Waals surface area contributed by atoms with Gasteiger partial charge in [-0.05, 0) is 44.9 Å². The molecule has 12 nitrogen and oxygen atoms in total. The quantitative estimate of drug-likeness (QED) is 0.0193. The summed E-state index contributed by atoms with van der Waals surface area (Å²) < 4.78 is 48.2. The molecule has 1 amide bonds. The summed E-state index contributed by atoms with van der Waals surface area (Å²) in [5.74, 6) is -0.222. The van der Waals surface area contributed by atoms with Crippen LogP contribution in [0.2, 0.25) is 0 Å². The van der Waals surface area contributed by atoms with Crippen molar-refractivity contribution in [3.8, 4) is 0 Å². The van der Waals surface area contributed by atoms with Crippen molar-refractivity contribution in [2.24, 2.45) is 0 Å². The van der Waals surface area contributed by atoms with E-state index in [4.69, 9.17) is 9.47 Å². The topological polar surface area (TPSA) is 192 Å². The van der Waals surface area contributed by atoms with E-state index in [1.54, 1.807) is 0 Å². The predicted molar refractivity (Wildman–Crippen MR) is 356 cm³/mol. The number of carbonyl (C=O) groups excluding carboxylic acids is 1. The molecule has 504 valence electrons. The Kier molecular flexibility index (Phi) is 59.0. The van der Waals surface area contributed by atoms with Gasteiger partial charge >= 0.3 is 10.4 Å². The molecule has 6 N–H and O–H groups in total. The maximum atomic E-state index is 13.2. The third kappa shape index (κ3) is 53.0. The fourth-order valence-corrected chi connectivity index (χ4v) is 12.7. The number of allylic oxidation sites excluding steroid dienone is 4. The number of amides is 1. The van der Waals surface area contributed by atoms with E-state index in [-0.39, 0.29) is 12.5 Å². The molecular weight excluding hydrogens is 1090 g/mol.